The zero-order chi connectivity index (χ0) is 12.2. The molecule has 1 rings (SSSR count). The van der Waals surface area contributed by atoms with Crippen LogP contribution in [0.15, 0.2) is 24.3 Å². The van der Waals surface area contributed by atoms with Crippen molar-refractivity contribution in [2.24, 2.45) is 5.41 Å². The average molecular weight is 241 g/mol. The molecule has 0 amide bonds. The molecule has 0 N–H and O–H groups in total. The van der Waals surface area contributed by atoms with Gasteiger partial charge in [0.15, 0.2) is 0 Å². The standard InChI is InChI=1S/C13H20FNS/c1-13(2,10-16)9-15(3)8-11-4-6-12(14)7-5-11/h4-7,16H,8-10H2,1-3H3. The van der Waals surface area contributed by atoms with Crippen molar-refractivity contribution in [2.75, 3.05) is 19.3 Å². The molecule has 1 aromatic carbocycles. The molecule has 0 saturated carbocycles. The molecule has 0 saturated heterocycles. The zero-order valence-corrected chi connectivity index (χ0v) is 11.1. The predicted octanol–water partition coefficient (Wildman–Crippen LogP) is 3.21. The molecule has 1 nitrogen and oxygen atoms in total. The van der Waals surface area contributed by atoms with Gasteiger partial charge in [0.1, 0.15) is 5.82 Å². The smallest absolute Gasteiger partial charge is 0.123 e. The molecule has 0 aromatic heterocycles. The third-order valence-corrected chi connectivity index (χ3v) is 3.35. The van der Waals surface area contributed by atoms with Crippen LogP contribution in [0.5, 0.6) is 0 Å². The van der Waals surface area contributed by atoms with Crippen molar-refractivity contribution >= 4 is 12.6 Å². The van der Waals surface area contributed by atoms with Gasteiger partial charge in [0.25, 0.3) is 0 Å². The minimum absolute atomic E-state index is 0.179. The second kappa shape index (κ2) is 5.69. The lowest BCUT2D eigenvalue weighted by atomic mass is 9.95. The van der Waals surface area contributed by atoms with Gasteiger partial charge in [-0.2, -0.15) is 12.6 Å². The van der Waals surface area contributed by atoms with Crippen LogP contribution in [-0.2, 0) is 6.54 Å². The maximum absolute atomic E-state index is 12.7. The topological polar surface area (TPSA) is 3.24 Å². The van der Waals surface area contributed by atoms with Gasteiger partial charge in [0.2, 0.25) is 0 Å². The van der Waals surface area contributed by atoms with E-state index in [0.29, 0.717) is 0 Å². The molecule has 0 fully saturated rings. The van der Waals surface area contributed by atoms with Crippen molar-refractivity contribution in [1.29, 1.82) is 0 Å². The zero-order valence-electron chi connectivity index (χ0n) is 10.2. The highest BCUT2D eigenvalue weighted by molar-refractivity contribution is 7.80. The summed E-state index contributed by atoms with van der Waals surface area (Å²) in [4.78, 5) is 2.24. The van der Waals surface area contributed by atoms with Crippen molar-refractivity contribution in [3.63, 3.8) is 0 Å². The molecule has 1 aromatic rings. The summed E-state index contributed by atoms with van der Waals surface area (Å²) in [6.45, 7) is 6.22. The SMILES string of the molecule is CN(Cc1ccc(F)cc1)CC(C)(C)CS. The van der Waals surface area contributed by atoms with Crippen LogP contribution in [0.1, 0.15) is 19.4 Å². The Morgan fingerprint density at radius 2 is 1.81 bits per heavy atom. The molecular formula is C13H20FNS. The van der Waals surface area contributed by atoms with Gasteiger partial charge in [0, 0.05) is 13.1 Å². The first-order chi connectivity index (χ1) is 7.43. The molecule has 0 aliphatic carbocycles. The van der Waals surface area contributed by atoms with Crippen molar-refractivity contribution in [2.45, 2.75) is 20.4 Å². The third-order valence-electron chi connectivity index (χ3n) is 2.49. The molecule has 0 atom stereocenters. The summed E-state index contributed by atoms with van der Waals surface area (Å²) in [6.07, 6.45) is 0. The second-order valence-corrected chi connectivity index (χ2v) is 5.44. The fraction of sp³-hybridized carbons (Fsp3) is 0.538. The van der Waals surface area contributed by atoms with E-state index in [4.69, 9.17) is 0 Å². The summed E-state index contributed by atoms with van der Waals surface area (Å²) in [7, 11) is 2.08. The van der Waals surface area contributed by atoms with Crippen LogP contribution in [0.4, 0.5) is 4.39 Å². The van der Waals surface area contributed by atoms with Crippen molar-refractivity contribution in [3.8, 4) is 0 Å². The number of nitrogens with zero attached hydrogens (tertiary/aromatic N) is 1. The summed E-state index contributed by atoms with van der Waals surface area (Å²) in [5.74, 6) is 0.683. The molecule has 16 heavy (non-hydrogen) atoms. The number of halogens is 1. The van der Waals surface area contributed by atoms with Gasteiger partial charge in [-0.25, -0.2) is 4.39 Å². The van der Waals surface area contributed by atoms with Gasteiger partial charge in [0.05, 0.1) is 0 Å². The Morgan fingerprint density at radius 1 is 1.25 bits per heavy atom. The van der Waals surface area contributed by atoms with Gasteiger partial charge in [-0.05, 0) is 35.9 Å². The van der Waals surface area contributed by atoms with Gasteiger partial charge in [-0.3, -0.25) is 0 Å². The molecule has 0 radical (unpaired) electrons. The van der Waals surface area contributed by atoms with Gasteiger partial charge >= 0.3 is 0 Å². The van der Waals surface area contributed by atoms with Crippen molar-refractivity contribution in [3.05, 3.63) is 35.6 Å². The Bertz CT molecular complexity index is 321. The van der Waals surface area contributed by atoms with E-state index in [2.05, 4.69) is 38.4 Å². The molecule has 0 bridgehead atoms. The number of hydrogen-bond donors (Lipinski definition) is 1. The quantitative estimate of drug-likeness (QED) is 0.775. The van der Waals surface area contributed by atoms with Crippen LogP contribution in [0.3, 0.4) is 0 Å². The molecule has 0 aliphatic rings. The summed E-state index contributed by atoms with van der Waals surface area (Å²) in [5, 5.41) is 0. The highest BCUT2D eigenvalue weighted by Gasteiger charge is 2.17. The van der Waals surface area contributed by atoms with E-state index < -0.39 is 0 Å². The fourth-order valence-electron chi connectivity index (χ4n) is 1.74. The molecule has 90 valence electrons. The molecule has 0 heterocycles. The van der Waals surface area contributed by atoms with E-state index in [1.807, 2.05) is 12.1 Å². The number of rotatable bonds is 5. The van der Waals surface area contributed by atoms with Crippen molar-refractivity contribution < 1.29 is 4.39 Å². The van der Waals surface area contributed by atoms with E-state index in [1.54, 1.807) is 0 Å². The largest absolute Gasteiger partial charge is 0.302 e. The summed E-state index contributed by atoms with van der Waals surface area (Å²) in [6, 6.07) is 6.68. The monoisotopic (exact) mass is 241 g/mol. The summed E-state index contributed by atoms with van der Waals surface area (Å²) < 4.78 is 12.7. The lowest BCUT2D eigenvalue weighted by molar-refractivity contribution is 0.225. The van der Waals surface area contributed by atoms with Crippen LogP contribution in [0.25, 0.3) is 0 Å². The highest BCUT2D eigenvalue weighted by Crippen LogP contribution is 2.18. The summed E-state index contributed by atoms with van der Waals surface area (Å²) >= 11 is 4.34. The molecule has 3 heteroatoms. The second-order valence-electron chi connectivity index (χ2n) is 5.12. The number of thiol groups is 1. The van der Waals surface area contributed by atoms with Crippen LogP contribution in [0.2, 0.25) is 0 Å². The lowest BCUT2D eigenvalue weighted by Crippen LogP contribution is -2.32. The Labute approximate surface area is 103 Å². The Hall–Kier alpha value is -0.540. The lowest BCUT2D eigenvalue weighted by Gasteiger charge is -2.28. The first-order valence-corrected chi connectivity index (χ1v) is 6.10. The molecule has 0 aliphatic heterocycles. The van der Waals surface area contributed by atoms with Gasteiger partial charge in [-0.1, -0.05) is 26.0 Å². The fourth-order valence-corrected chi connectivity index (χ4v) is 1.84. The van der Waals surface area contributed by atoms with E-state index in [9.17, 15) is 4.39 Å². The Balaban J connectivity index is 2.51. The van der Waals surface area contributed by atoms with E-state index in [-0.39, 0.29) is 11.2 Å². The Morgan fingerprint density at radius 3 is 2.31 bits per heavy atom. The van der Waals surface area contributed by atoms with Crippen LogP contribution in [-0.4, -0.2) is 24.2 Å². The number of hydrogen-bond acceptors (Lipinski definition) is 2. The first kappa shape index (κ1) is 13.5. The van der Waals surface area contributed by atoms with Gasteiger partial charge < -0.3 is 4.90 Å². The predicted molar refractivity (Wildman–Crippen MR) is 70.4 cm³/mol. The maximum Gasteiger partial charge on any atom is 0.123 e. The average Bonchev–Trinajstić information content (AvgIpc) is 2.21. The maximum atomic E-state index is 12.7. The molecular weight excluding hydrogens is 221 g/mol. The Kier molecular flexibility index (Phi) is 4.81. The van der Waals surface area contributed by atoms with Crippen LogP contribution in [0, 0.1) is 11.2 Å². The van der Waals surface area contributed by atoms with Crippen molar-refractivity contribution in [1.82, 2.24) is 4.90 Å². The van der Waals surface area contributed by atoms with E-state index >= 15 is 0 Å². The molecule has 0 spiro atoms. The highest BCUT2D eigenvalue weighted by atomic mass is 32.1. The third kappa shape index (κ3) is 4.54. The number of benzene rings is 1. The minimum Gasteiger partial charge on any atom is -0.302 e. The minimum atomic E-state index is -0.179. The molecule has 0 unspecified atom stereocenters. The summed E-state index contributed by atoms with van der Waals surface area (Å²) in [5.41, 5.74) is 1.34. The first-order valence-electron chi connectivity index (χ1n) is 5.47. The van der Waals surface area contributed by atoms with Crippen LogP contribution < -0.4 is 0 Å². The van der Waals surface area contributed by atoms with Gasteiger partial charge in [-0.15, -0.1) is 0 Å². The van der Waals surface area contributed by atoms with Crippen LogP contribution >= 0.6 is 12.6 Å². The van der Waals surface area contributed by atoms with E-state index in [0.717, 1.165) is 24.4 Å². The normalized spacial score (nSPS) is 12.1. The van der Waals surface area contributed by atoms with E-state index in [1.165, 1.54) is 12.1 Å².